The zero-order chi connectivity index (χ0) is 16.8. The number of hydrogen-bond donors (Lipinski definition) is 1. The monoisotopic (exact) mass is 424 g/mol. The standard InChI is InChI=1S/C18H21BrN4O.ClH/c1-11-15(8-21-23(11)14-4-2-3-13(19)7-14)18(24)22-9-12-5-6-17(20)16(12)10-22;/h2-4,7-8,12,16-17H,5-6,9-10,20H2,1H3;1H. The van der Waals surface area contributed by atoms with Crippen molar-refractivity contribution < 1.29 is 4.79 Å². The lowest BCUT2D eigenvalue weighted by Crippen LogP contribution is -2.33. The van der Waals surface area contributed by atoms with Gasteiger partial charge in [-0.05, 0) is 49.8 Å². The second kappa shape index (κ2) is 7.09. The zero-order valence-electron chi connectivity index (χ0n) is 14.1. The third kappa shape index (κ3) is 3.23. The number of amides is 1. The number of carbonyl (C=O) groups is 1. The molecular formula is C18H22BrClN4O. The molecule has 1 aliphatic carbocycles. The predicted molar refractivity (Wildman–Crippen MR) is 103 cm³/mol. The molecule has 1 saturated heterocycles. The third-order valence-corrected chi connectivity index (χ3v) is 5.99. The molecular weight excluding hydrogens is 404 g/mol. The molecule has 2 fully saturated rings. The number of likely N-dealkylation sites (tertiary alicyclic amines) is 1. The van der Waals surface area contributed by atoms with Crippen LogP contribution in [0.3, 0.4) is 0 Å². The Morgan fingerprint density at radius 3 is 2.84 bits per heavy atom. The van der Waals surface area contributed by atoms with E-state index in [1.54, 1.807) is 6.20 Å². The summed E-state index contributed by atoms with van der Waals surface area (Å²) in [6.45, 7) is 3.56. The average molecular weight is 426 g/mol. The molecule has 3 atom stereocenters. The number of benzene rings is 1. The van der Waals surface area contributed by atoms with Gasteiger partial charge in [-0.2, -0.15) is 5.10 Å². The maximum atomic E-state index is 12.9. The summed E-state index contributed by atoms with van der Waals surface area (Å²) in [5.41, 5.74) is 8.69. The largest absolute Gasteiger partial charge is 0.338 e. The molecule has 1 aliphatic heterocycles. The summed E-state index contributed by atoms with van der Waals surface area (Å²) in [4.78, 5) is 14.9. The molecule has 0 spiro atoms. The van der Waals surface area contributed by atoms with Gasteiger partial charge < -0.3 is 10.6 Å². The minimum Gasteiger partial charge on any atom is -0.338 e. The average Bonchev–Trinajstić information content (AvgIpc) is 3.23. The number of fused-ring (bicyclic) bond motifs is 1. The molecule has 2 aliphatic rings. The molecule has 7 heteroatoms. The second-order valence-corrected chi connectivity index (χ2v) is 7.83. The Balaban J connectivity index is 0.00000182. The van der Waals surface area contributed by atoms with E-state index < -0.39 is 0 Å². The maximum absolute atomic E-state index is 12.9. The van der Waals surface area contributed by atoms with Gasteiger partial charge in [0.1, 0.15) is 0 Å². The van der Waals surface area contributed by atoms with Gasteiger partial charge in [0.25, 0.3) is 5.91 Å². The number of rotatable bonds is 2. The van der Waals surface area contributed by atoms with E-state index in [1.807, 2.05) is 40.8 Å². The number of aromatic nitrogens is 2. The van der Waals surface area contributed by atoms with Crippen LogP contribution >= 0.6 is 28.3 Å². The minimum atomic E-state index is 0. The van der Waals surface area contributed by atoms with E-state index in [2.05, 4.69) is 21.0 Å². The first-order valence-electron chi connectivity index (χ1n) is 8.40. The van der Waals surface area contributed by atoms with Crippen LogP contribution in [0.4, 0.5) is 0 Å². The normalized spacial score (nSPS) is 24.9. The summed E-state index contributed by atoms with van der Waals surface area (Å²) in [5, 5.41) is 4.43. The summed E-state index contributed by atoms with van der Waals surface area (Å²) in [6, 6.07) is 8.16. The fourth-order valence-corrected chi connectivity index (χ4v) is 4.52. The highest BCUT2D eigenvalue weighted by Crippen LogP contribution is 2.37. The Morgan fingerprint density at radius 2 is 2.12 bits per heavy atom. The van der Waals surface area contributed by atoms with Gasteiger partial charge >= 0.3 is 0 Å². The van der Waals surface area contributed by atoms with Gasteiger partial charge in [0.15, 0.2) is 0 Å². The van der Waals surface area contributed by atoms with Crippen LogP contribution in [-0.2, 0) is 0 Å². The molecule has 4 rings (SSSR count). The van der Waals surface area contributed by atoms with E-state index >= 15 is 0 Å². The Kier molecular flexibility index (Phi) is 5.23. The lowest BCUT2D eigenvalue weighted by molar-refractivity contribution is 0.0779. The van der Waals surface area contributed by atoms with E-state index in [1.165, 1.54) is 0 Å². The minimum absolute atomic E-state index is 0. The first kappa shape index (κ1) is 18.4. The van der Waals surface area contributed by atoms with Crippen LogP contribution < -0.4 is 5.73 Å². The van der Waals surface area contributed by atoms with E-state index in [0.717, 1.165) is 41.8 Å². The van der Waals surface area contributed by atoms with Crippen molar-refractivity contribution >= 4 is 34.2 Å². The summed E-state index contributed by atoms with van der Waals surface area (Å²) in [6.07, 6.45) is 3.93. The van der Waals surface area contributed by atoms with Crippen LogP contribution in [0.25, 0.3) is 5.69 Å². The number of hydrogen-bond acceptors (Lipinski definition) is 3. The van der Waals surface area contributed by atoms with Crippen molar-refractivity contribution in [2.75, 3.05) is 13.1 Å². The topological polar surface area (TPSA) is 64.2 Å². The van der Waals surface area contributed by atoms with Crippen molar-refractivity contribution in [1.82, 2.24) is 14.7 Å². The van der Waals surface area contributed by atoms with Crippen LogP contribution in [-0.4, -0.2) is 39.7 Å². The molecule has 2 N–H and O–H groups in total. The molecule has 1 amide bonds. The molecule has 2 aromatic rings. The van der Waals surface area contributed by atoms with Crippen LogP contribution in [0.2, 0.25) is 0 Å². The number of nitrogens with two attached hydrogens (primary N) is 1. The lowest BCUT2D eigenvalue weighted by atomic mass is 9.98. The summed E-state index contributed by atoms with van der Waals surface area (Å²) in [7, 11) is 0. The Hall–Kier alpha value is -1.37. The Morgan fingerprint density at radius 1 is 1.32 bits per heavy atom. The fourth-order valence-electron chi connectivity index (χ4n) is 4.13. The molecule has 5 nitrogen and oxygen atoms in total. The van der Waals surface area contributed by atoms with Crippen molar-refractivity contribution in [2.24, 2.45) is 17.6 Å². The van der Waals surface area contributed by atoms with Crippen LogP contribution in [0.1, 0.15) is 28.9 Å². The van der Waals surface area contributed by atoms with Crippen LogP contribution in [0, 0.1) is 18.8 Å². The highest BCUT2D eigenvalue weighted by molar-refractivity contribution is 9.10. The molecule has 2 heterocycles. The number of nitrogens with zero attached hydrogens (tertiary/aromatic N) is 3. The molecule has 25 heavy (non-hydrogen) atoms. The maximum Gasteiger partial charge on any atom is 0.257 e. The summed E-state index contributed by atoms with van der Waals surface area (Å²) < 4.78 is 2.81. The van der Waals surface area contributed by atoms with Crippen molar-refractivity contribution in [2.45, 2.75) is 25.8 Å². The quantitative estimate of drug-likeness (QED) is 0.804. The molecule has 0 radical (unpaired) electrons. The summed E-state index contributed by atoms with van der Waals surface area (Å²) in [5.74, 6) is 1.12. The SMILES string of the molecule is Cc1c(C(=O)N2CC3CCC(N)C3C2)cnn1-c1cccc(Br)c1.Cl. The summed E-state index contributed by atoms with van der Waals surface area (Å²) >= 11 is 3.48. The fraction of sp³-hybridized carbons (Fsp3) is 0.444. The highest BCUT2D eigenvalue weighted by atomic mass is 79.9. The van der Waals surface area contributed by atoms with Gasteiger partial charge in [0.2, 0.25) is 0 Å². The predicted octanol–water partition coefficient (Wildman–Crippen LogP) is 3.17. The first-order valence-corrected chi connectivity index (χ1v) is 9.19. The van der Waals surface area contributed by atoms with Crippen molar-refractivity contribution in [1.29, 1.82) is 0 Å². The van der Waals surface area contributed by atoms with E-state index in [4.69, 9.17) is 5.73 Å². The van der Waals surface area contributed by atoms with Gasteiger partial charge in [0.05, 0.1) is 23.1 Å². The van der Waals surface area contributed by atoms with Crippen molar-refractivity contribution in [3.8, 4) is 5.69 Å². The van der Waals surface area contributed by atoms with Gasteiger partial charge in [-0.25, -0.2) is 4.68 Å². The number of carbonyl (C=O) groups excluding carboxylic acids is 1. The molecule has 1 saturated carbocycles. The van der Waals surface area contributed by atoms with Gasteiger partial charge in [-0.3, -0.25) is 4.79 Å². The first-order chi connectivity index (χ1) is 11.5. The Labute approximate surface area is 162 Å². The number of halogens is 2. The van der Waals surface area contributed by atoms with Gasteiger partial charge in [-0.15, -0.1) is 12.4 Å². The van der Waals surface area contributed by atoms with Crippen molar-refractivity contribution in [3.63, 3.8) is 0 Å². The molecule has 3 unspecified atom stereocenters. The molecule has 134 valence electrons. The van der Waals surface area contributed by atoms with E-state index in [-0.39, 0.29) is 24.4 Å². The zero-order valence-corrected chi connectivity index (χ0v) is 16.5. The van der Waals surface area contributed by atoms with Crippen LogP contribution in [0.15, 0.2) is 34.9 Å². The molecule has 0 bridgehead atoms. The van der Waals surface area contributed by atoms with E-state index in [9.17, 15) is 4.79 Å². The third-order valence-electron chi connectivity index (χ3n) is 5.49. The smallest absolute Gasteiger partial charge is 0.257 e. The van der Waals surface area contributed by atoms with Crippen molar-refractivity contribution in [3.05, 3.63) is 46.2 Å². The van der Waals surface area contributed by atoms with Gasteiger partial charge in [0, 0.05) is 23.6 Å². The highest BCUT2D eigenvalue weighted by Gasteiger charge is 2.43. The molecule has 1 aromatic heterocycles. The second-order valence-electron chi connectivity index (χ2n) is 6.91. The van der Waals surface area contributed by atoms with E-state index in [0.29, 0.717) is 17.4 Å². The lowest BCUT2D eigenvalue weighted by Gasteiger charge is -2.18. The Bertz CT molecular complexity index is 793. The molecule has 1 aromatic carbocycles. The van der Waals surface area contributed by atoms with Crippen LogP contribution in [0.5, 0.6) is 0 Å². The van der Waals surface area contributed by atoms with Gasteiger partial charge in [-0.1, -0.05) is 22.0 Å².